The van der Waals surface area contributed by atoms with E-state index < -0.39 is 37.7 Å². The number of carbonyl (C=O) groups is 1. The molecule has 60 heavy (non-hydrogen) atoms. The van der Waals surface area contributed by atoms with Crippen molar-refractivity contribution < 1.29 is 33.3 Å². The molecule has 0 aromatic heterocycles. The summed E-state index contributed by atoms with van der Waals surface area (Å²) in [6.45, 7) is 9.16. The van der Waals surface area contributed by atoms with Crippen LogP contribution in [0.5, 0.6) is 0 Å². The smallest absolute Gasteiger partial charge is 0.331 e. The van der Waals surface area contributed by atoms with E-state index >= 15 is 0 Å². The minimum atomic E-state index is -2.91. The second-order valence-electron chi connectivity index (χ2n) is 16.4. The van der Waals surface area contributed by atoms with E-state index in [1.807, 2.05) is 72.8 Å². The molecule has 0 aliphatic carbocycles. The molecule has 4 atom stereocenters. The Morgan fingerprint density at radius 2 is 1.22 bits per heavy atom. The minimum Gasteiger partial charge on any atom is -0.454 e. The molecule has 7 nitrogen and oxygen atoms in total. The van der Waals surface area contributed by atoms with Crippen molar-refractivity contribution in [3.05, 3.63) is 193 Å². The third kappa shape index (κ3) is 9.98. The van der Waals surface area contributed by atoms with Gasteiger partial charge in [0.15, 0.2) is 0 Å². The molecule has 0 bridgehead atoms. The fourth-order valence-corrected chi connectivity index (χ4v) is 13.2. The van der Waals surface area contributed by atoms with Gasteiger partial charge in [0.05, 0.1) is 12.7 Å². The molecule has 6 rings (SSSR count). The molecule has 8 heteroatoms. The van der Waals surface area contributed by atoms with Crippen molar-refractivity contribution in [2.75, 3.05) is 27.1 Å². The third-order valence-electron chi connectivity index (χ3n) is 11.6. The summed E-state index contributed by atoms with van der Waals surface area (Å²) in [5.74, 6) is -0.455. The average molecular weight is 825 g/mol. The summed E-state index contributed by atoms with van der Waals surface area (Å²) in [4.78, 5) is 12.5. The van der Waals surface area contributed by atoms with Crippen LogP contribution in [0.15, 0.2) is 176 Å². The fraction of sp³-hybridized carbons (Fsp3) is 0.327. The third-order valence-corrected chi connectivity index (χ3v) is 16.7. The zero-order chi connectivity index (χ0) is 42.5. The molecular weight excluding hydrogens is 765 g/mol. The highest BCUT2D eigenvalue weighted by Crippen LogP contribution is 2.42. The van der Waals surface area contributed by atoms with Gasteiger partial charge in [0, 0.05) is 32.1 Å². The summed E-state index contributed by atoms with van der Waals surface area (Å²) in [5.41, 5.74) is 0.257. The van der Waals surface area contributed by atoms with Gasteiger partial charge in [-0.2, -0.15) is 0 Å². The van der Waals surface area contributed by atoms with Gasteiger partial charge in [-0.05, 0) is 51.0 Å². The van der Waals surface area contributed by atoms with Crippen molar-refractivity contribution in [1.82, 2.24) is 0 Å². The predicted molar refractivity (Wildman–Crippen MR) is 242 cm³/mol. The van der Waals surface area contributed by atoms with Crippen LogP contribution in [0.25, 0.3) is 0 Å². The van der Waals surface area contributed by atoms with E-state index in [0.717, 1.165) is 23.1 Å². The maximum Gasteiger partial charge on any atom is 0.331 e. The molecule has 5 aromatic rings. The van der Waals surface area contributed by atoms with Crippen LogP contribution in [0.2, 0.25) is 5.04 Å². The number of esters is 1. The number of benzene rings is 5. The van der Waals surface area contributed by atoms with Crippen molar-refractivity contribution in [2.24, 2.45) is 5.92 Å². The molecule has 1 heterocycles. The largest absolute Gasteiger partial charge is 0.454 e. The number of hydrogen-bond donors (Lipinski definition) is 1. The lowest BCUT2D eigenvalue weighted by Crippen LogP contribution is -2.66. The van der Waals surface area contributed by atoms with Crippen LogP contribution >= 0.6 is 0 Å². The molecule has 1 aliphatic heterocycles. The molecule has 1 N–H and O–H groups in total. The molecule has 1 aliphatic rings. The van der Waals surface area contributed by atoms with Crippen molar-refractivity contribution >= 4 is 24.7 Å². The lowest BCUT2D eigenvalue weighted by molar-refractivity contribution is -0.152. The number of aliphatic hydroxyl groups is 1. The molecule has 314 valence electrons. The van der Waals surface area contributed by atoms with Gasteiger partial charge >= 0.3 is 5.97 Å². The number of ether oxygens (including phenoxy) is 4. The Morgan fingerprint density at radius 1 is 0.733 bits per heavy atom. The van der Waals surface area contributed by atoms with E-state index in [1.165, 1.54) is 16.4 Å². The highest BCUT2D eigenvalue weighted by atomic mass is 28.4. The Bertz CT molecular complexity index is 1970. The van der Waals surface area contributed by atoms with E-state index in [4.69, 9.17) is 23.4 Å². The summed E-state index contributed by atoms with van der Waals surface area (Å²) in [7, 11) is -1.34. The summed E-state index contributed by atoms with van der Waals surface area (Å²) >= 11 is 0. The molecule has 0 saturated heterocycles. The maximum atomic E-state index is 13.1. The van der Waals surface area contributed by atoms with Gasteiger partial charge in [-0.15, -0.1) is 0 Å². The summed E-state index contributed by atoms with van der Waals surface area (Å²) in [5, 5.41) is 15.2. The van der Waals surface area contributed by atoms with Crippen molar-refractivity contribution in [3.63, 3.8) is 0 Å². The lowest BCUT2D eigenvalue weighted by atomic mass is 9.80. The quantitative estimate of drug-likeness (QED) is 0.0276. The molecule has 0 spiro atoms. The van der Waals surface area contributed by atoms with Gasteiger partial charge in [0.2, 0.25) is 0 Å². The van der Waals surface area contributed by atoms with Crippen molar-refractivity contribution in [2.45, 2.75) is 75.4 Å². The van der Waals surface area contributed by atoms with Crippen LogP contribution in [0, 0.1) is 5.92 Å². The molecule has 0 radical (unpaired) electrons. The first-order valence-corrected chi connectivity index (χ1v) is 22.9. The van der Waals surface area contributed by atoms with Crippen LogP contribution in [0.1, 0.15) is 63.6 Å². The standard InChI is InChI=1S/C52H60O7Si/c1-6-41-32-33-49(53)59-47(41)34-36-51(54,37-39-57-52(42-22-12-7-13-23-42,43-24-14-8-15-25-43)44-26-16-9-17-27-44)48(56-40-55-5)35-38-58-60(50(2,3)4,45-28-18-10-19-29-45)46-30-20-11-21-31-46/h7-34,36,41,47-48,54H,6,35,37-40H2,1-5H3/b36-34+/t41-,47-,48+,51-/m0/s1. The van der Waals surface area contributed by atoms with Crippen LogP contribution in [0.4, 0.5) is 0 Å². The Balaban J connectivity index is 1.39. The SMILES string of the molecule is CC[C@H]1C=CC(=O)O[C@H]1/C=C/[C@](O)(CCOC(c1ccccc1)(c1ccccc1)c1ccccc1)[C@@H](CCO[Si](c1ccccc1)(c1ccccc1)C(C)(C)C)OCOC. The maximum absolute atomic E-state index is 13.1. The number of carbonyl (C=O) groups excluding carboxylic acids is 1. The Kier molecular flexibility index (Phi) is 15.3. The molecule has 0 amide bonds. The zero-order valence-corrected chi connectivity index (χ0v) is 36.6. The van der Waals surface area contributed by atoms with Crippen molar-refractivity contribution in [3.8, 4) is 0 Å². The van der Waals surface area contributed by atoms with Gasteiger partial charge in [0.1, 0.15) is 24.1 Å². The van der Waals surface area contributed by atoms with Gasteiger partial charge in [-0.25, -0.2) is 4.79 Å². The average Bonchev–Trinajstić information content (AvgIpc) is 3.28. The van der Waals surface area contributed by atoms with Crippen LogP contribution < -0.4 is 10.4 Å². The summed E-state index contributed by atoms with van der Waals surface area (Å²) < 4.78 is 32.3. The summed E-state index contributed by atoms with van der Waals surface area (Å²) in [6, 6.07) is 51.6. The van der Waals surface area contributed by atoms with Crippen LogP contribution in [0.3, 0.4) is 0 Å². The summed E-state index contributed by atoms with van der Waals surface area (Å²) in [6.07, 6.45) is 6.77. The van der Waals surface area contributed by atoms with Crippen molar-refractivity contribution in [1.29, 1.82) is 0 Å². The Hall–Kier alpha value is -4.93. The lowest BCUT2D eigenvalue weighted by Gasteiger charge is -2.43. The second kappa shape index (κ2) is 20.6. The monoisotopic (exact) mass is 824 g/mol. The Morgan fingerprint density at radius 3 is 1.67 bits per heavy atom. The molecule has 0 unspecified atom stereocenters. The number of cyclic esters (lactones) is 1. The van der Waals surface area contributed by atoms with Gasteiger partial charge in [0.25, 0.3) is 8.32 Å². The van der Waals surface area contributed by atoms with Gasteiger partial charge in [-0.3, -0.25) is 0 Å². The number of rotatable bonds is 20. The molecule has 5 aromatic carbocycles. The van der Waals surface area contributed by atoms with Gasteiger partial charge < -0.3 is 28.5 Å². The highest BCUT2D eigenvalue weighted by Gasteiger charge is 2.50. The van der Waals surface area contributed by atoms with Crippen LogP contribution in [-0.4, -0.2) is 64.3 Å². The fourth-order valence-electron chi connectivity index (χ4n) is 8.58. The normalized spacial score (nSPS) is 17.6. The number of methoxy groups -OCH3 is 1. The first-order chi connectivity index (χ1) is 29.1. The highest BCUT2D eigenvalue weighted by molar-refractivity contribution is 6.99. The minimum absolute atomic E-state index is 0.0434. The molecular formula is C52H60O7Si. The van der Waals surface area contributed by atoms with E-state index in [-0.39, 0.29) is 30.8 Å². The van der Waals surface area contributed by atoms with E-state index in [2.05, 4.69) is 113 Å². The van der Waals surface area contributed by atoms with E-state index in [9.17, 15) is 9.90 Å². The zero-order valence-electron chi connectivity index (χ0n) is 35.6. The Labute approximate surface area is 357 Å². The van der Waals surface area contributed by atoms with E-state index in [1.54, 1.807) is 19.3 Å². The first-order valence-electron chi connectivity index (χ1n) is 21.0. The predicted octanol–water partition coefficient (Wildman–Crippen LogP) is 9.14. The second-order valence-corrected chi connectivity index (χ2v) is 20.7. The first kappa shape index (κ1) is 44.6. The van der Waals surface area contributed by atoms with E-state index in [0.29, 0.717) is 13.0 Å². The number of hydrogen-bond acceptors (Lipinski definition) is 7. The molecule has 0 fully saturated rings. The topological polar surface area (TPSA) is 83.5 Å². The van der Waals surface area contributed by atoms with Crippen LogP contribution in [-0.2, 0) is 33.8 Å². The molecule has 0 saturated carbocycles. The van der Waals surface area contributed by atoms with Gasteiger partial charge in [-0.1, -0.05) is 192 Å².